The summed E-state index contributed by atoms with van der Waals surface area (Å²) in [6, 6.07) is 9.73. The largest absolute Gasteiger partial charge is 0.493 e. The zero-order chi connectivity index (χ0) is 28.4. The molecule has 5 nitrogen and oxygen atoms in total. The number of halogens is 8. The molecule has 0 bridgehead atoms. The van der Waals surface area contributed by atoms with Crippen LogP contribution >= 0.6 is 0 Å². The molecule has 1 aromatic carbocycles. The summed E-state index contributed by atoms with van der Waals surface area (Å²) in [6.07, 6.45) is -0.354. The van der Waals surface area contributed by atoms with E-state index in [0.717, 1.165) is 16.6 Å². The van der Waals surface area contributed by atoms with E-state index in [4.69, 9.17) is 4.74 Å². The Labute approximate surface area is 211 Å². The van der Waals surface area contributed by atoms with E-state index in [1.807, 2.05) is 12.1 Å². The molecule has 0 unspecified atom stereocenters. The van der Waals surface area contributed by atoms with Crippen LogP contribution < -0.4 is 4.74 Å². The van der Waals surface area contributed by atoms with Gasteiger partial charge in [-0.1, -0.05) is 6.58 Å². The molecule has 0 aliphatic rings. The number of alkyl halides is 8. The molecule has 0 N–H and O–H groups in total. The van der Waals surface area contributed by atoms with Crippen LogP contribution in [0.5, 0.6) is 5.75 Å². The maximum absolute atomic E-state index is 14.2. The van der Waals surface area contributed by atoms with Crippen LogP contribution in [0.15, 0.2) is 61.4 Å². The fourth-order valence-corrected chi connectivity index (χ4v) is 3.60. The highest BCUT2D eigenvalue weighted by Crippen LogP contribution is 2.54. The minimum atomic E-state index is -6.46. The lowest BCUT2D eigenvalue weighted by Gasteiger charge is -2.36. The number of esters is 1. The normalized spacial score (nSPS) is 13.0. The zero-order valence-corrected chi connectivity index (χ0v) is 19.9. The van der Waals surface area contributed by atoms with Crippen molar-refractivity contribution in [1.82, 2.24) is 9.55 Å². The predicted octanol–water partition coefficient (Wildman–Crippen LogP) is 6.67. The Bertz CT molecular complexity index is 1290. The van der Waals surface area contributed by atoms with Gasteiger partial charge in [0.25, 0.3) is 0 Å². The van der Waals surface area contributed by atoms with Crippen molar-refractivity contribution >= 4 is 16.9 Å². The maximum Gasteiger partial charge on any atom is 0.378 e. The molecule has 0 spiro atoms. The molecular formula is C25H22F8N2O3. The third kappa shape index (κ3) is 5.46. The van der Waals surface area contributed by atoms with Gasteiger partial charge >= 0.3 is 29.7 Å². The first-order valence-corrected chi connectivity index (χ1v) is 11.1. The average molecular weight is 550 g/mol. The summed E-state index contributed by atoms with van der Waals surface area (Å²) < 4.78 is 123. The Morgan fingerprint density at radius 3 is 2.18 bits per heavy atom. The summed E-state index contributed by atoms with van der Waals surface area (Å²) in [5, 5.41) is 0.733. The van der Waals surface area contributed by atoms with Crippen molar-refractivity contribution in [1.29, 1.82) is 0 Å². The summed E-state index contributed by atoms with van der Waals surface area (Å²) in [5.74, 6) is -25.4. The number of pyridine rings is 1. The van der Waals surface area contributed by atoms with Gasteiger partial charge in [0.15, 0.2) is 0 Å². The van der Waals surface area contributed by atoms with Crippen molar-refractivity contribution in [3.8, 4) is 17.0 Å². The van der Waals surface area contributed by atoms with E-state index in [9.17, 15) is 39.9 Å². The van der Waals surface area contributed by atoms with Gasteiger partial charge in [0, 0.05) is 42.5 Å². The Hall–Kier alpha value is -3.64. The molecule has 206 valence electrons. The third-order valence-electron chi connectivity index (χ3n) is 5.80. The fourth-order valence-electron chi connectivity index (χ4n) is 3.60. The number of hydrogen-bond donors (Lipinski definition) is 0. The van der Waals surface area contributed by atoms with Crippen molar-refractivity contribution in [2.75, 3.05) is 13.2 Å². The number of carbonyl (C=O) groups excluding carboxylic acids is 1. The van der Waals surface area contributed by atoms with E-state index in [0.29, 0.717) is 11.6 Å². The second-order valence-corrected chi connectivity index (χ2v) is 8.33. The number of benzene rings is 1. The maximum atomic E-state index is 14.2. The highest BCUT2D eigenvalue weighted by molar-refractivity contribution is 5.87. The molecule has 0 aliphatic carbocycles. The van der Waals surface area contributed by atoms with Gasteiger partial charge in [-0.25, -0.2) is 4.79 Å². The lowest BCUT2D eigenvalue weighted by atomic mass is 9.95. The number of hydrogen-bond acceptors (Lipinski definition) is 4. The second-order valence-electron chi connectivity index (χ2n) is 8.33. The van der Waals surface area contributed by atoms with Gasteiger partial charge in [0.05, 0.1) is 37.3 Å². The number of rotatable bonds is 12. The van der Waals surface area contributed by atoms with Gasteiger partial charge in [-0.15, -0.1) is 0 Å². The minimum Gasteiger partial charge on any atom is -0.493 e. The summed E-state index contributed by atoms with van der Waals surface area (Å²) >= 11 is 0. The molecule has 0 saturated carbocycles. The molecule has 3 aromatic rings. The third-order valence-corrected chi connectivity index (χ3v) is 5.80. The van der Waals surface area contributed by atoms with E-state index in [1.165, 1.54) is 12.1 Å². The molecule has 0 radical (unpaired) electrons. The van der Waals surface area contributed by atoms with Crippen LogP contribution in [0, 0.1) is 0 Å². The molecule has 0 aliphatic heterocycles. The van der Waals surface area contributed by atoms with Crippen molar-refractivity contribution in [3.05, 3.63) is 61.4 Å². The van der Waals surface area contributed by atoms with E-state index in [-0.39, 0.29) is 5.75 Å². The van der Waals surface area contributed by atoms with E-state index >= 15 is 0 Å². The Kier molecular flexibility index (Phi) is 8.08. The second kappa shape index (κ2) is 10.6. The van der Waals surface area contributed by atoms with Crippen molar-refractivity contribution in [2.24, 2.45) is 7.05 Å². The molecule has 38 heavy (non-hydrogen) atoms. The number of nitrogens with zero attached hydrogens (tertiary/aromatic N) is 2. The first-order valence-electron chi connectivity index (χ1n) is 11.1. The SMILES string of the molecule is C=CC(=O)OCCC(F)(F)C(F)(F)C(F)(F)C(F)(F)CCOc1ccc2cc(-c3cccnc3)n(C)c2c1. The number of aryl methyl sites for hydroxylation is 1. The molecule has 0 atom stereocenters. The van der Waals surface area contributed by atoms with E-state index in [2.05, 4.69) is 16.3 Å². The lowest BCUT2D eigenvalue weighted by Crippen LogP contribution is -2.62. The molecular weight excluding hydrogens is 528 g/mol. The number of fused-ring (bicyclic) bond motifs is 1. The average Bonchev–Trinajstić information content (AvgIpc) is 3.19. The summed E-state index contributed by atoms with van der Waals surface area (Å²) in [7, 11) is 1.71. The van der Waals surface area contributed by atoms with Gasteiger partial charge in [0.2, 0.25) is 0 Å². The quantitative estimate of drug-likeness (QED) is 0.144. The van der Waals surface area contributed by atoms with Crippen molar-refractivity contribution in [2.45, 2.75) is 36.5 Å². The lowest BCUT2D eigenvalue weighted by molar-refractivity contribution is -0.368. The van der Waals surface area contributed by atoms with E-state index in [1.54, 1.807) is 36.1 Å². The number of ether oxygens (including phenoxy) is 2. The molecule has 0 amide bonds. The standard InChI is InChI=1S/C25H22F8N2O3/c1-3-21(36)38-12-9-23(28,29)25(32,33)24(30,31)22(26,27)8-11-37-18-7-6-16-13-19(35(2)20(16)14-18)17-5-4-10-34-15-17/h3-7,10,13-15H,1,8-9,11-12H2,2H3. The Morgan fingerprint density at radius 1 is 0.974 bits per heavy atom. The molecule has 3 rings (SSSR count). The van der Waals surface area contributed by atoms with Crippen molar-refractivity contribution < 1.29 is 49.4 Å². The minimum absolute atomic E-state index is 0.0309. The highest BCUT2D eigenvalue weighted by Gasteiger charge is 2.79. The van der Waals surface area contributed by atoms with Crippen LogP contribution in [0.4, 0.5) is 35.1 Å². The van der Waals surface area contributed by atoms with Crippen LogP contribution in [0.2, 0.25) is 0 Å². The van der Waals surface area contributed by atoms with E-state index < -0.39 is 55.7 Å². The van der Waals surface area contributed by atoms with Crippen LogP contribution in [0.25, 0.3) is 22.2 Å². The van der Waals surface area contributed by atoms with Gasteiger partial charge in [-0.3, -0.25) is 4.98 Å². The molecule has 2 aromatic heterocycles. The smallest absolute Gasteiger partial charge is 0.378 e. The van der Waals surface area contributed by atoms with Crippen LogP contribution in [0.1, 0.15) is 12.8 Å². The van der Waals surface area contributed by atoms with Crippen molar-refractivity contribution in [3.63, 3.8) is 0 Å². The fraction of sp³-hybridized carbons (Fsp3) is 0.360. The highest BCUT2D eigenvalue weighted by atomic mass is 19.4. The van der Waals surface area contributed by atoms with Gasteiger partial charge in [-0.05, 0) is 30.3 Å². The first-order chi connectivity index (χ1) is 17.6. The van der Waals surface area contributed by atoms with Gasteiger partial charge < -0.3 is 14.0 Å². The molecule has 0 saturated heterocycles. The predicted molar refractivity (Wildman–Crippen MR) is 122 cm³/mol. The van der Waals surface area contributed by atoms with Crippen LogP contribution in [0.3, 0.4) is 0 Å². The zero-order valence-electron chi connectivity index (χ0n) is 19.9. The number of aromatic nitrogens is 2. The summed E-state index contributed by atoms with van der Waals surface area (Å²) in [5.41, 5.74) is 2.13. The molecule has 0 fully saturated rings. The number of carbonyl (C=O) groups is 1. The Morgan fingerprint density at radius 2 is 1.61 bits per heavy atom. The van der Waals surface area contributed by atoms with Gasteiger partial charge in [-0.2, -0.15) is 35.1 Å². The monoisotopic (exact) mass is 550 g/mol. The molecule has 2 heterocycles. The van der Waals surface area contributed by atoms with Crippen LogP contribution in [-0.2, 0) is 16.6 Å². The first kappa shape index (κ1) is 28.9. The molecule has 13 heteroatoms. The summed E-state index contributed by atoms with van der Waals surface area (Å²) in [6.45, 7) is 0.346. The Balaban J connectivity index is 1.70. The summed E-state index contributed by atoms with van der Waals surface area (Å²) in [4.78, 5) is 14.9. The topological polar surface area (TPSA) is 53.4 Å². The van der Waals surface area contributed by atoms with Crippen LogP contribution in [-0.4, -0.2) is 52.4 Å². The van der Waals surface area contributed by atoms with Gasteiger partial charge in [0.1, 0.15) is 5.75 Å².